The van der Waals surface area contributed by atoms with E-state index in [-0.39, 0.29) is 6.04 Å². The van der Waals surface area contributed by atoms with Crippen molar-refractivity contribution in [1.29, 1.82) is 0 Å². The van der Waals surface area contributed by atoms with Gasteiger partial charge in [0, 0.05) is 6.04 Å². The van der Waals surface area contributed by atoms with Crippen LogP contribution in [0.5, 0.6) is 17.2 Å². The van der Waals surface area contributed by atoms with Gasteiger partial charge in [-0.3, -0.25) is 0 Å². The van der Waals surface area contributed by atoms with Gasteiger partial charge in [-0.05, 0) is 24.1 Å². The number of benzene rings is 1. The predicted molar refractivity (Wildman–Crippen MR) is 81.8 cm³/mol. The van der Waals surface area contributed by atoms with Gasteiger partial charge in [0.25, 0.3) is 0 Å². The van der Waals surface area contributed by atoms with Crippen LogP contribution >= 0.6 is 0 Å². The summed E-state index contributed by atoms with van der Waals surface area (Å²) < 4.78 is 16.0. The lowest BCUT2D eigenvalue weighted by molar-refractivity contribution is 0.323. The second kappa shape index (κ2) is 8.69. The standard InChI is InChI=1S/C16H27NO3/c1-5-6-7-8-9-13(17)12-10-14(18-2)16(20-4)15(11-12)19-3/h10-11,13H,5-9,17H2,1-4H3. The van der Waals surface area contributed by atoms with Gasteiger partial charge in [0.1, 0.15) is 0 Å². The summed E-state index contributed by atoms with van der Waals surface area (Å²) in [5.41, 5.74) is 7.29. The molecule has 0 amide bonds. The molecule has 4 nitrogen and oxygen atoms in total. The molecule has 0 bridgehead atoms. The second-order valence-electron chi connectivity index (χ2n) is 4.91. The first-order chi connectivity index (χ1) is 9.67. The van der Waals surface area contributed by atoms with E-state index in [0.717, 1.165) is 18.4 Å². The van der Waals surface area contributed by atoms with Crippen LogP contribution < -0.4 is 19.9 Å². The van der Waals surface area contributed by atoms with Crippen molar-refractivity contribution in [3.63, 3.8) is 0 Å². The largest absolute Gasteiger partial charge is 0.493 e. The quantitative estimate of drug-likeness (QED) is 0.701. The van der Waals surface area contributed by atoms with Gasteiger partial charge < -0.3 is 19.9 Å². The van der Waals surface area contributed by atoms with Crippen LogP contribution in [0.25, 0.3) is 0 Å². The fourth-order valence-electron chi connectivity index (χ4n) is 2.27. The molecule has 1 aromatic carbocycles. The maximum atomic E-state index is 6.26. The van der Waals surface area contributed by atoms with Crippen molar-refractivity contribution >= 4 is 0 Å². The maximum Gasteiger partial charge on any atom is 0.203 e. The highest BCUT2D eigenvalue weighted by Gasteiger charge is 2.16. The van der Waals surface area contributed by atoms with Crippen molar-refractivity contribution in [2.75, 3.05) is 21.3 Å². The Morgan fingerprint density at radius 2 is 1.55 bits per heavy atom. The van der Waals surface area contributed by atoms with Crippen LogP contribution in [0.3, 0.4) is 0 Å². The summed E-state index contributed by atoms with van der Waals surface area (Å²) in [6, 6.07) is 3.87. The molecule has 4 heteroatoms. The molecule has 0 saturated heterocycles. The average Bonchev–Trinajstić information content (AvgIpc) is 2.49. The maximum absolute atomic E-state index is 6.26. The zero-order chi connectivity index (χ0) is 15.0. The summed E-state index contributed by atoms with van der Waals surface area (Å²) >= 11 is 0. The Morgan fingerprint density at radius 1 is 0.950 bits per heavy atom. The van der Waals surface area contributed by atoms with E-state index in [1.807, 2.05) is 12.1 Å². The monoisotopic (exact) mass is 281 g/mol. The van der Waals surface area contributed by atoms with Gasteiger partial charge in [-0.1, -0.05) is 32.6 Å². The predicted octanol–water partition coefficient (Wildman–Crippen LogP) is 3.68. The summed E-state index contributed by atoms with van der Waals surface area (Å²) in [7, 11) is 4.84. The van der Waals surface area contributed by atoms with E-state index in [1.165, 1.54) is 19.3 Å². The van der Waals surface area contributed by atoms with Crippen LogP contribution in [0.4, 0.5) is 0 Å². The summed E-state index contributed by atoms with van der Waals surface area (Å²) in [6.45, 7) is 2.21. The summed E-state index contributed by atoms with van der Waals surface area (Å²) in [5.74, 6) is 1.92. The molecule has 0 aliphatic carbocycles. The van der Waals surface area contributed by atoms with Crippen LogP contribution in [-0.4, -0.2) is 21.3 Å². The average molecular weight is 281 g/mol. The number of nitrogens with two attached hydrogens (primary N) is 1. The zero-order valence-electron chi connectivity index (χ0n) is 13.1. The Kier molecular flexibility index (Phi) is 7.23. The SMILES string of the molecule is CCCCCCC(N)c1cc(OC)c(OC)c(OC)c1. The highest BCUT2D eigenvalue weighted by Crippen LogP contribution is 2.39. The molecule has 0 fully saturated rings. The number of unbranched alkanes of at least 4 members (excludes halogenated alkanes) is 3. The van der Waals surface area contributed by atoms with Crippen LogP contribution in [0, 0.1) is 0 Å². The molecule has 1 aromatic rings. The molecule has 0 heterocycles. The highest BCUT2D eigenvalue weighted by molar-refractivity contribution is 5.54. The Balaban J connectivity index is 2.83. The molecule has 0 saturated carbocycles. The number of methoxy groups -OCH3 is 3. The van der Waals surface area contributed by atoms with Crippen LogP contribution in [-0.2, 0) is 0 Å². The molecule has 0 spiro atoms. The minimum Gasteiger partial charge on any atom is -0.493 e. The van der Waals surface area contributed by atoms with Crippen molar-refractivity contribution < 1.29 is 14.2 Å². The number of hydrogen-bond acceptors (Lipinski definition) is 4. The summed E-state index contributed by atoms with van der Waals surface area (Å²) in [5, 5.41) is 0. The molecule has 114 valence electrons. The van der Waals surface area contributed by atoms with Crippen molar-refractivity contribution in [2.45, 2.75) is 45.1 Å². The fraction of sp³-hybridized carbons (Fsp3) is 0.625. The minimum atomic E-state index is 0.000521. The third-order valence-corrected chi connectivity index (χ3v) is 3.48. The van der Waals surface area contributed by atoms with Gasteiger partial charge in [0.05, 0.1) is 21.3 Å². The molecule has 2 N–H and O–H groups in total. The van der Waals surface area contributed by atoms with Gasteiger partial charge in [-0.25, -0.2) is 0 Å². The van der Waals surface area contributed by atoms with E-state index in [1.54, 1.807) is 21.3 Å². The molecular weight excluding hydrogens is 254 g/mol. The van der Waals surface area contributed by atoms with E-state index in [9.17, 15) is 0 Å². The molecule has 0 aliphatic rings. The van der Waals surface area contributed by atoms with Gasteiger partial charge in [-0.2, -0.15) is 0 Å². The third kappa shape index (κ3) is 4.30. The first-order valence-corrected chi connectivity index (χ1v) is 7.23. The Labute approximate surface area is 122 Å². The smallest absolute Gasteiger partial charge is 0.203 e. The molecule has 20 heavy (non-hydrogen) atoms. The topological polar surface area (TPSA) is 53.7 Å². The molecule has 0 aliphatic heterocycles. The lowest BCUT2D eigenvalue weighted by atomic mass is 10.00. The van der Waals surface area contributed by atoms with Gasteiger partial charge in [0.15, 0.2) is 11.5 Å². The lowest BCUT2D eigenvalue weighted by Gasteiger charge is -2.17. The third-order valence-electron chi connectivity index (χ3n) is 3.48. The number of hydrogen-bond donors (Lipinski definition) is 1. The van der Waals surface area contributed by atoms with E-state index in [0.29, 0.717) is 17.2 Å². The molecule has 0 radical (unpaired) electrons. The zero-order valence-corrected chi connectivity index (χ0v) is 13.1. The Bertz CT molecular complexity index is 382. The van der Waals surface area contributed by atoms with E-state index in [4.69, 9.17) is 19.9 Å². The number of rotatable bonds is 9. The summed E-state index contributed by atoms with van der Waals surface area (Å²) in [6.07, 6.45) is 5.85. The lowest BCUT2D eigenvalue weighted by Crippen LogP contribution is -2.11. The van der Waals surface area contributed by atoms with Crippen molar-refractivity contribution in [2.24, 2.45) is 5.73 Å². The summed E-state index contributed by atoms with van der Waals surface area (Å²) in [4.78, 5) is 0. The van der Waals surface area contributed by atoms with Crippen LogP contribution in [0.15, 0.2) is 12.1 Å². The first-order valence-electron chi connectivity index (χ1n) is 7.23. The molecule has 0 aromatic heterocycles. The molecule has 1 rings (SSSR count). The Morgan fingerprint density at radius 3 is 2.00 bits per heavy atom. The highest BCUT2D eigenvalue weighted by atomic mass is 16.5. The van der Waals surface area contributed by atoms with E-state index < -0.39 is 0 Å². The first kappa shape index (κ1) is 16.6. The molecule has 1 atom stereocenters. The number of ether oxygens (including phenoxy) is 3. The normalized spacial score (nSPS) is 12.1. The van der Waals surface area contributed by atoms with Crippen LogP contribution in [0.1, 0.15) is 50.6 Å². The fourth-order valence-corrected chi connectivity index (χ4v) is 2.27. The van der Waals surface area contributed by atoms with Gasteiger partial charge in [0.2, 0.25) is 5.75 Å². The van der Waals surface area contributed by atoms with E-state index >= 15 is 0 Å². The van der Waals surface area contributed by atoms with E-state index in [2.05, 4.69) is 6.92 Å². The minimum absolute atomic E-state index is 0.000521. The van der Waals surface area contributed by atoms with Crippen molar-refractivity contribution in [3.8, 4) is 17.2 Å². The van der Waals surface area contributed by atoms with Crippen molar-refractivity contribution in [3.05, 3.63) is 17.7 Å². The van der Waals surface area contributed by atoms with Crippen LogP contribution in [0.2, 0.25) is 0 Å². The van der Waals surface area contributed by atoms with Crippen molar-refractivity contribution in [1.82, 2.24) is 0 Å². The molecular formula is C16H27NO3. The molecule has 1 unspecified atom stereocenters. The van der Waals surface area contributed by atoms with Gasteiger partial charge in [-0.15, -0.1) is 0 Å². The Hall–Kier alpha value is -1.42. The second-order valence-corrected chi connectivity index (χ2v) is 4.91. The van der Waals surface area contributed by atoms with Gasteiger partial charge >= 0.3 is 0 Å².